The van der Waals surface area contributed by atoms with Crippen LogP contribution < -0.4 is 10.2 Å². The lowest BCUT2D eigenvalue weighted by Gasteiger charge is -2.36. The van der Waals surface area contributed by atoms with E-state index in [1.54, 1.807) is 30.3 Å². The van der Waals surface area contributed by atoms with E-state index in [2.05, 4.69) is 48.9 Å². The SMILES string of the molecule is CCN1CCN(c2cc3c(cc2Nc2nnc(-c4ccccc4F)s2)nc(-c2ccc(F)cc2)n3C2CC2)CC1. The van der Waals surface area contributed by atoms with E-state index in [1.165, 1.54) is 29.5 Å². The average Bonchev–Trinajstić information content (AvgIpc) is 3.60. The number of aromatic nitrogens is 4. The van der Waals surface area contributed by atoms with Crippen molar-refractivity contribution in [3.05, 3.63) is 72.3 Å². The van der Waals surface area contributed by atoms with Crippen LogP contribution in [0.25, 0.3) is 33.0 Å². The van der Waals surface area contributed by atoms with Crippen molar-refractivity contribution in [3.8, 4) is 22.0 Å². The zero-order chi connectivity index (χ0) is 27.2. The number of fused-ring (bicyclic) bond motifs is 1. The van der Waals surface area contributed by atoms with Gasteiger partial charge in [0.25, 0.3) is 0 Å². The highest BCUT2D eigenvalue weighted by Crippen LogP contribution is 2.44. The Morgan fingerprint density at radius 1 is 0.950 bits per heavy atom. The van der Waals surface area contributed by atoms with Crippen molar-refractivity contribution < 1.29 is 8.78 Å². The Labute approximate surface area is 235 Å². The van der Waals surface area contributed by atoms with Crippen LogP contribution in [0.2, 0.25) is 0 Å². The molecule has 2 aromatic heterocycles. The van der Waals surface area contributed by atoms with Crippen LogP contribution in [0.1, 0.15) is 25.8 Å². The van der Waals surface area contributed by atoms with Crippen LogP contribution in [0.15, 0.2) is 60.7 Å². The van der Waals surface area contributed by atoms with Gasteiger partial charge in [-0.05, 0) is 67.9 Å². The molecular weight excluding hydrogens is 528 g/mol. The van der Waals surface area contributed by atoms with Gasteiger partial charge >= 0.3 is 0 Å². The fourth-order valence-electron chi connectivity index (χ4n) is 5.43. The first-order valence-electron chi connectivity index (χ1n) is 13.7. The molecule has 3 heterocycles. The van der Waals surface area contributed by atoms with E-state index < -0.39 is 0 Å². The van der Waals surface area contributed by atoms with Gasteiger partial charge in [0, 0.05) is 43.3 Å². The van der Waals surface area contributed by atoms with Crippen molar-refractivity contribution >= 4 is 38.9 Å². The summed E-state index contributed by atoms with van der Waals surface area (Å²) in [5.74, 6) is 0.277. The number of imidazole rings is 1. The number of piperazine rings is 1. The zero-order valence-electron chi connectivity index (χ0n) is 22.1. The largest absolute Gasteiger partial charge is 0.367 e. The monoisotopic (exact) mass is 557 g/mol. The van der Waals surface area contributed by atoms with Gasteiger partial charge < -0.3 is 19.7 Å². The van der Waals surface area contributed by atoms with Gasteiger partial charge in [-0.1, -0.05) is 30.4 Å². The first-order chi connectivity index (χ1) is 19.6. The highest BCUT2D eigenvalue weighted by atomic mass is 32.1. The summed E-state index contributed by atoms with van der Waals surface area (Å²) in [6.45, 7) is 7.04. The van der Waals surface area contributed by atoms with Gasteiger partial charge in [0.15, 0.2) is 5.01 Å². The topological polar surface area (TPSA) is 62.1 Å². The molecular formula is C30H29F2N7S. The number of nitrogens with zero attached hydrogens (tertiary/aromatic N) is 6. The van der Waals surface area contributed by atoms with E-state index in [0.29, 0.717) is 21.7 Å². The van der Waals surface area contributed by atoms with Gasteiger partial charge in [-0.2, -0.15) is 0 Å². The molecule has 0 atom stereocenters. The van der Waals surface area contributed by atoms with E-state index >= 15 is 0 Å². The minimum Gasteiger partial charge on any atom is -0.367 e. The molecule has 0 amide bonds. The Balaban J connectivity index is 1.32. The smallest absolute Gasteiger partial charge is 0.210 e. The van der Waals surface area contributed by atoms with Crippen LogP contribution in [0.3, 0.4) is 0 Å². The molecule has 2 aliphatic rings. The summed E-state index contributed by atoms with van der Waals surface area (Å²) in [5, 5.41) is 13.2. The first kappa shape index (κ1) is 25.1. The molecule has 0 radical (unpaired) electrons. The van der Waals surface area contributed by atoms with E-state index in [0.717, 1.165) is 79.4 Å². The molecule has 7 nitrogen and oxygen atoms in total. The normalized spacial score (nSPS) is 16.1. The second-order valence-electron chi connectivity index (χ2n) is 10.3. The molecule has 1 N–H and O–H groups in total. The minimum atomic E-state index is -0.319. The van der Waals surface area contributed by atoms with E-state index in [9.17, 15) is 8.78 Å². The van der Waals surface area contributed by atoms with Crippen LogP contribution in [0.5, 0.6) is 0 Å². The highest BCUT2D eigenvalue weighted by molar-refractivity contribution is 7.18. The zero-order valence-corrected chi connectivity index (χ0v) is 23.0. The molecule has 0 bridgehead atoms. The number of likely N-dealkylation sites (N-methyl/N-ethyl adjacent to an activating group) is 1. The number of benzene rings is 3. The molecule has 5 aromatic rings. The summed E-state index contributed by atoms with van der Waals surface area (Å²) in [6, 6.07) is 17.9. The fourth-order valence-corrected chi connectivity index (χ4v) is 6.22. The predicted octanol–water partition coefficient (Wildman–Crippen LogP) is 6.72. The number of rotatable bonds is 7. The lowest BCUT2D eigenvalue weighted by atomic mass is 10.2. The summed E-state index contributed by atoms with van der Waals surface area (Å²) < 4.78 is 30.4. The fraction of sp³-hybridized carbons (Fsp3) is 0.300. The van der Waals surface area contributed by atoms with Crippen LogP contribution in [-0.2, 0) is 0 Å². The van der Waals surface area contributed by atoms with E-state index in [1.807, 2.05) is 0 Å². The van der Waals surface area contributed by atoms with E-state index in [4.69, 9.17) is 4.98 Å². The second-order valence-corrected chi connectivity index (χ2v) is 11.3. The number of hydrogen-bond donors (Lipinski definition) is 1. The minimum absolute atomic E-state index is 0.260. The van der Waals surface area contributed by atoms with E-state index in [-0.39, 0.29) is 11.6 Å². The average molecular weight is 558 g/mol. The van der Waals surface area contributed by atoms with Crippen molar-refractivity contribution in [2.75, 3.05) is 42.9 Å². The Bertz CT molecular complexity index is 1670. The number of hydrogen-bond acceptors (Lipinski definition) is 7. The summed E-state index contributed by atoms with van der Waals surface area (Å²) in [4.78, 5) is 9.91. The third kappa shape index (κ3) is 4.71. The van der Waals surface area contributed by atoms with Crippen molar-refractivity contribution in [1.82, 2.24) is 24.6 Å². The lowest BCUT2D eigenvalue weighted by Crippen LogP contribution is -2.46. The van der Waals surface area contributed by atoms with Gasteiger partial charge in [-0.3, -0.25) is 0 Å². The Morgan fingerprint density at radius 3 is 2.45 bits per heavy atom. The van der Waals surface area contributed by atoms with Gasteiger partial charge in [0.2, 0.25) is 5.13 Å². The van der Waals surface area contributed by atoms with Gasteiger partial charge in [0.05, 0.1) is 22.4 Å². The van der Waals surface area contributed by atoms with Gasteiger partial charge in [-0.25, -0.2) is 13.8 Å². The highest BCUT2D eigenvalue weighted by Gasteiger charge is 2.30. The maximum atomic E-state index is 14.4. The Morgan fingerprint density at radius 2 is 1.73 bits per heavy atom. The summed E-state index contributed by atoms with van der Waals surface area (Å²) in [6.07, 6.45) is 2.21. The molecule has 10 heteroatoms. The third-order valence-electron chi connectivity index (χ3n) is 7.75. The molecule has 1 aliphatic heterocycles. The predicted molar refractivity (Wildman–Crippen MR) is 156 cm³/mol. The molecule has 40 heavy (non-hydrogen) atoms. The van der Waals surface area contributed by atoms with Crippen molar-refractivity contribution in [2.24, 2.45) is 0 Å². The molecule has 0 spiro atoms. The van der Waals surface area contributed by atoms with Crippen molar-refractivity contribution in [1.29, 1.82) is 0 Å². The van der Waals surface area contributed by atoms with Crippen LogP contribution in [0.4, 0.5) is 25.3 Å². The van der Waals surface area contributed by atoms with Gasteiger partial charge in [-0.15, -0.1) is 10.2 Å². The summed E-state index contributed by atoms with van der Waals surface area (Å²) in [7, 11) is 0. The number of anilines is 3. The molecule has 204 valence electrons. The molecule has 0 unspecified atom stereocenters. The molecule has 3 aromatic carbocycles. The number of halogens is 2. The maximum absolute atomic E-state index is 14.4. The number of nitrogens with one attached hydrogen (secondary N) is 1. The molecule has 1 aliphatic carbocycles. The third-order valence-corrected chi connectivity index (χ3v) is 8.62. The summed E-state index contributed by atoms with van der Waals surface area (Å²) >= 11 is 1.32. The van der Waals surface area contributed by atoms with Crippen molar-refractivity contribution in [3.63, 3.8) is 0 Å². The van der Waals surface area contributed by atoms with Crippen LogP contribution in [0, 0.1) is 11.6 Å². The standard InChI is InChI=1S/C30H29F2N7S/c1-2-37-13-15-38(16-14-37)26-18-27-25(33-28(39(27)21-11-12-21)19-7-9-20(31)10-8-19)17-24(26)34-30-36-35-29(40-30)22-5-3-4-6-23(22)32/h3-10,17-18,21H,2,11-16H2,1H3,(H,34,36). The van der Waals surface area contributed by atoms with Crippen LogP contribution in [-0.4, -0.2) is 57.4 Å². The quantitative estimate of drug-likeness (QED) is 0.240. The molecule has 1 saturated heterocycles. The first-order valence-corrected chi connectivity index (χ1v) is 14.5. The maximum Gasteiger partial charge on any atom is 0.210 e. The van der Waals surface area contributed by atoms with Gasteiger partial charge in [0.1, 0.15) is 17.5 Å². The molecule has 2 fully saturated rings. The lowest BCUT2D eigenvalue weighted by molar-refractivity contribution is 0.271. The molecule has 7 rings (SSSR count). The Hall–Kier alpha value is -3.89. The molecule has 1 saturated carbocycles. The van der Waals surface area contributed by atoms with Crippen LogP contribution >= 0.6 is 11.3 Å². The second kappa shape index (κ2) is 10.3. The van der Waals surface area contributed by atoms with Crippen molar-refractivity contribution in [2.45, 2.75) is 25.8 Å². The summed E-state index contributed by atoms with van der Waals surface area (Å²) in [5.41, 5.74) is 5.24. The Kier molecular flexibility index (Phi) is 6.44.